The van der Waals surface area contributed by atoms with E-state index >= 15 is 0 Å². The SMILES string of the molecule is CCc1ccsc1P(=O)(O)O. The first-order valence-corrected chi connectivity index (χ1v) is 5.67. The number of thiophene rings is 1. The van der Waals surface area contributed by atoms with Crippen molar-refractivity contribution in [2.24, 2.45) is 0 Å². The number of hydrogen-bond donors (Lipinski definition) is 2. The van der Waals surface area contributed by atoms with Crippen LogP contribution in [-0.2, 0) is 11.0 Å². The number of rotatable bonds is 2. The second-order valence-corrected chi connectivity index (χ2v) is 4.90. The third kappa shape index (κ3) is 1.91. The lowest BCUT2D eigenvalue weighted by molar-refractivity contribution is 0.388. The van der Waals surface area contributed by atoms with Crippen molar-refractivity contribution in [3.05, 3.63) is 17.0 Å². The van der Waals surface area contributed by atoms with Crippen molar-refractivity contribution in [1.82, 2.24) is 0 Å². The molecule has 0 saturated heterocycles. The van der Waals surface area contributed by atoms with Gasteiger partial charge < -0.3 is 9.79 Å². The third-order valence-electron chi connectivity index (χ3n) is 1.37. The molecule has 3 nitrogen and oxygen atoms in total. The standard InChI is InChI=1S/C6H9O3PS/c1-2-5-3-4-11-6(5)10(7,8)9/h3-4H,2H2,1H3,(H2,7,8,9). The van der Waals surface area contributed by atoms with Gasteiger partial charge in [-0.15, -0.1) is 11.3 Å². The molecule has 11 heavy (non-hydrogen) atoms. The van der Waals surface area contributed by atoms with E-state index in [1.54, 1.807) is 11.4 Å². The summed E-state index contributed by atoms with van der Waals surface area (Å²) in [6.07, 6.45) is 0.671. The topological polar surface area (TPSA) is 57.5 Å². The van der Waals surface area contributed by atoms with Gasteiger partial charge in [-0.25, -0.2) is 0 Å². The predicted octanol–water partition coefficient (Wildman–Crippen LogP) is 1.11. The summed E-state index contributed by atoms with van der Waals surface area (Å²) in [5, 5.41) is 1.70. The Kier molecular flexibility index (Phi) is 2.50. The second kappa shape index (κ2) is 3.07. The van der Waals surface area contributed by atoms with Crippen LogP contribution in [0.2, 0.25) is 0 Å². The molecule has 0 spiro atoms. The van der Waals surface area contributed by atoms with E-state index in [-0.39, 0.29) is 4.62 Å². The molecule has 0 unspecified atom stereocenters. The second-order valence-electron chi connectivity index (χ2n) is 2.15. The quantitative estimate of drug-likeness (QED) is 0.690. The van der Waals surface area contributed by atoms with Crippen LogP contribution in [0.5, 0.6) is 0 Å². The van der Waals surface area contributed by atoms with E-state index in [1.165, 1.54) is 0 Å². The zero-order chi connectivity index (χ0) is 8.48. The lowest BCUT2D eigenvalue weighted by Gasteiger charge is -2.01. The van der Waals surface area contributed by atoms with E-state index in [9.17, 15) is 4.57 Å². The van der Waals surface area contributed by atoms with Gasteiger partial charge in [-0.2, -0.15) is 0 Å². The van der Waals surface area contributed by atoms with Crippen molar-refractivity contribution in [2.45, 2.75) is 13.3 Å². The van der Waals surface area contributed by atoms with Crippen LogP contribution in [0, 0.1) is 0 Å². The normalized spacial score (nSPS) is 11.9. The van der Waals surface area contributed by atoms with Gasteiger partial charge in [0.05, 0.1) is 0 Å². The van der Waals surface area contributed by atoms with Crippen LogP contribution in [0.15, 0.2) is 11.4 Å². The molecule has 1 rings (SSSR count). The Morgan fingerprint density at radius 2 is 2.27 bits per heavy atom. The Balaban J connectivity index is 3.13. The predicted molar refractivity (Wildman–Crippen MR) is 45.4 cm³/mol. The molecule has 0 amide bonds. The first kappa shape index (κ1) is 8.94. The smallest absolute Gasteiger partial charge is 0.320 e. The Hall–Kier alpha value is -0.150. The molecule has 0 saturated carbocycles. The van der Waals surface area contributed by atoms with E-state index in [0.717, 1.165) is 16.9 Å². The summed E-state index contributed by atoms with van der Waals surface area (Å²) in [5.74, 6) is 0. The van der Waals surface area contributed by atoms with Crippen LogP contribution in [0.1, 0.15) is 12.5 Å². The Bertz CT molecular complexity index is 288. The van der Waals surface area contributed by atoms with E-state index in [0.29, 0.717) is 6.42 Å². The van der Waals surface area contributed by atoms with E-state index in [2.05, 4.69) is 0 Å². The molecule has 0 aliphatic carbocycles. The summed E-state index contributed by atoms with van der Waals surface area (Å²) in [7, 11) is -4.01. The molecule has 62 valence electrons. The monoisotopic (exact) mass is 192 g/mol. The molecule has 0 aliphatic heterocycles. The lowest BCUT2D eigenvalue weighted by atomic mass is 10.3. The summed E-state index contributed by atoms with van der Waals surface area (Å²) in [5.41, 5.74) is 0.753. The van der Waals surface area contributed by atoms with E-state index in [4.69, 9.17) is 9.79 Å². The molecule has 0 fully saturated rings. The zero-order valence-corrected chi connectivity index (χ0v) is 7.73. The van der Waals surface area contributed by atoms with Crippen LogP contribution in [0.3, 0.4) is 0 Å². The minimum atomic E-state index is -4.01. The largest absolute Gasteiger partial charge is 0.366 e. The molecule has 1 aromatic heterocycles. The fourth-order valence-electron chi connectivity index (χ4n) is 0.852. The average molecular weight is 192 g/mol. The lowest BCUT2D eigenvalue weighted by Crippen LogP contribution is -2.03. The Morgan fingerprint density at radius 3 is 2.64 bits per heavy atom. The van der Waals surface area contributed by atoms with Gasteiger partial charge in [-0.3, -0.25) is 4.57 Å². The minimum absolute atomic E-state index is 0.208. The summed E-state index contributed by atoms with van der Waals surface area (Å²) < 4.78 is 11.0. The molecular weight excluding hydrogens is 183 g/mol. The summed E-state index contributed by atoms with van der Waals surface area (Å²) >= 11 is 1.12. The average Bonchev–Trinajstić information content (AvgIpc) is 2.31. The van der Waals surface area contributed by atoms with Crippen molar-refractivity contribution < 1.29 is 14.4 Å². The third-order valence-corrected chi connectivity index (χ3v) is 3.97. The molecule has 1 heterocycles. The van der Waals surface area contributed by atoms with Crippen LogP contribution >= 0.6 is 18.9 Å². The molecule has 2 N–H and O–H groups in total. The summed E-state index contributed by atoms with van der Waals surface area (Å²) in [6.45, 7) is 1.88. The molecular formula is C6H9O3PS. The van der Waals surface area contributed by atoms with Crippen molar-refractivity contribution >= 4 is 23.6 Å². The highest BCUT2D eigenvalue weighted by Gasteiger charge is 2.21. The first-order chi connectivity index (χ1) is 5.05. The molecule has 0 atom stereocenters. The molecule has 1 aromatic rings. The van der Waals surface area contributed by atoms with Gasteiger partial charge in [-0.1, -0.05) is 6.92 Å². The summed E-state index contributed by atoms with van der Waals surface area (Å²) in [4.78, 5) is 17.6. The van der Waals surface area contributed by atoms with Gasteiger partial charge in [-0.05, 0) is 23.4 Å². The summed E-state index contributed by atoms with van der Waals surface area (Å²) in [6, 6.07) is 1.75. The van der Waals surface area contributed by atoms with Gasteiger partial charge >= 0.3 is 7.60 Å². The molecule has 0 aromatic carbocycles. The Labute approximate surface area is 68.9 Å². The minimum Gasteiger partial charge on any atom is -0.320 e. The maximum Gasteiger partial charge on any atom is 0.366 e. The van der Waals surface area contributed by atoms with Crippen LogP contribution in [-0.4, -0.2) is 9.79 Å². The highest BCUT2D eigenvalue weighted by molar-refractivity contribution is 7.67. The van der Waals surface area contributed by atoms with Crippen molar-refractivity contribution in [1.29, 1.82) is 0 Å². The van der Waals surface area contributed by atoms with Crippen LogP contribution in [0.25, 0.3) is 0 Å². The highest BCUT2D eigenvalue weighted by atomic mass is 32.1. The van der Waals surface area contributed by atoms with Gasteiger partial charge in [0.15, 0.2) is 0 Å². The fourth-order valence-corrected chi connectivity index (χ4v) is 2.92. The molecule has 0 bridgehead atoms. The maximum absolute atomic E-state index is 10.8. The van der Waals surface area contributed by atoms with Gasteiger partial charge in [0, 0.05) is 0 Å². The van der Waals surface area contributed by atoms with Crippen LogP contribution in [0.4, 0.5) is 0 Å². The van der Waals surface area contributed by atoms with Crippen molar-refractivity contribution in [3.63, 3.8) is 0 Å². The number of aryl methyl sites for hydroxylation is 1. The van der Waals surface area contributed by atoms with Gasteiger partial charge in [0.2, 0.25) is 0 Å². The van der Waals surface area contributed by atoms with E-state index in [1.807, 2.05) is 6.92 Å². The molecule has 0 aliphatic rings. The maximum atomic E-state index is 10.8. The molecule has 5 heteroatoms. The van der Waals surface area contributed by atoms with Gasteiger partial charge in [0.25, 0.3) is 0 Å². The Morgan fingerprint density at radius 1 is 1.64 bits per heavy atom. The fraction of sp³-hybridized carbons (Fsp3) is 0.333. The van der Waals surface area contributed by atoms with Gasteiger partial charge in [0.1, 0.15) is 4.62 Å². The number of hydrogen-bond acceptors (Lipinski definition) is 2. The van der Waals surface area contributed by atoms with E-state index < -0.39 is 7.60 Å². The van der Waals surface area contributed by atoms with Crippen LogP contribution < -0.4 is 4.62 Å². The molecule has 0 radical (unpaired) electrons. The zero-order valence-electron chi connectivity index (χ0n) is 6.02. The van der Waals surface area contributed by atoms with Crippen molar-refractivity contribution in [3.8, 4) is 0 Å². The van der Waals surface area contributed by atoms with Crippen molar-refractivity contribution in [2.75, 3.05) is 0 Å². The highest BCUT2D eigenvalue weighted by Crippen LogP contribution is 2.37. The first-order valence-electron chi connectivity index (χ1n) is 3.18.